The molecule has 1 saturated carbocycles. The van der Waals surface area contributed by atoms with Crippen molar-refractivity contribution < 1.29 is 4.79 Å². The molecule has 0 aromatic rings. The number of hydrogen-bond acceptors (Lipinski definition) is 2. The summed E-state index contributed by atoms with van der Waals surface area (Å²) in [4.78, 5) is 12.5. The van der Waals surface area contributed by atoms with Crippen molar-refractivity contribution in [3.8, 4) is 0 Å². The molecule has 3 heteroatoms. The summed E-state index contributed by atoms with van der Waals surface area (Å²) in [6.45, 7) is 8.68. The molecule has 20 heavy (non-hydrogen) atoms. The molecule has 116 valence electrons. The van der Waals surface area contributed by atoms with Crippen LogP contribution in [0.25, 0.3) is 0 Å². The summed E-state index contributed by atoms with van der Waals surface area (Å²) in [5.41, 5.74) is 0.173. The minimum absolute atomic E-state index is 0.173. The van der Waals surface area contributed by atoms with Gasteiger partial charge in [0.1, 0.15) is 0 Å². The van der Waals surface area contributed by atoms with Gasteiger partial charge in [0.05, 0.1) is 0 Å². The molecule has 2 N–H and O–H groups in total. The van der Waals surface area contributed by atoms with Gasteiger partial charge in [-0.15, -0.1) is 0 Å². The maximum atomic E-state index is 12.5. The second-order valence-corrected chi connectivity index (χ2v) is 7.40. The summed E-state index contributed by atoms with van der Waals surface area (Å²) < 4.78 is 0. The number of rotatable bonds is 4. The lowest BCUT2D eigenvalue weighted by atomic mass is 9.68. The Morgan fingerprint density at radius 2 is 2.05 bits per heavy atom. The van der Waals surface area contributed by atoms with Crippen LogP contribution in [0.1, 0.15) is 65.7 Å². The van der Waals surface area contributed by atoms with Crippen LogP contribution >= 0.6 is 0 Å². The molecular formula is C17H32N2O. The number of hydrogen-bond donors (Lipinski definition) is 2. The highest BCUT2D eigenvalue weighted by Crippen LogP contribution is 2.40. The predicted octanol–water partition coefficient (Wildman–Crippen LogP) is 3.10. The van der Waals surface area contributed by atoms with Crippen LogP contribution in [-0.2, 0) is 4.79 Å². The number of nitrogens with one attached hydrogen (secondary N) is 2. The Bertz CT molecular complexity index is 327. The van der Waals surface area contributed by atoms with Crippen LogP contribution in [0, 0.1) is 17.3 Å². The van der Waals surface area contributed by atoms with E-state index in [1.165, 1.54) is 38.5 Å². The van der Waals surface area contributed by atoms with Crippen molar-refractivity contribution in [3.63, 3.8) is 0 Å². The Balaban J connectivity index is 1.84. The lowest BCUT2D eigenvalue weighted by Crippen LogP contribution is -2.50. The monoisotopic (exact) mass is 280 g/mol. The van der Waals surface area contributed by atoms with Gasteiger partial charge in [0, 0.05) is 18.5 Å². The first-order valence-corrected chi connectivity index (χ1v) is 8.55. The Kier molecular flexibility index (Phi) is 5.48. The third-order valence-electron chi connectivity index (χ3n) is 5.57. The van der Waals surface area contributed by atoms with Crippen LogP contribution in [0.5, 0.6) is 0 Å². The van der Waals surface area contributed by atoms with E-state index in [0.29, 0.717) is 6.04 Å². The lowest BCUT2D eigenvalue weighted by molar-refractivity contribution is -0.130. The second-order valence-electron chi connectivity index (χ2n) is 7.40. The summed E-state index contributed by atoms with van der Waals surface area (Å²) in [6.07, 6.45) is 8.53. The molecule has 3 atom stereocenters. The van der Waals surface area contributed by atoms with E-state index in [2.05, 4.69) is 31.4 Å². The van der Waals surface area contributed by atoms with Crippen molar-refractivity contribution in [3.05, 3.63) is 0 Å². The summed E-state index contributed by atoms with van der Waals surface area (Å²) in [5.74, 6) is 1.22. The van der Waals surface area contributed by atoms with Crippen LogP contribution in [0.4, 0.5) is 0 Å². The summed E-state index contributed by atoms with van der Waals surface area (Å²) in [7, 11) is 0. The predicted molar refractivity (Wildman–Crippen MR) is 83.6 cm³/mol. The zero-order valence-corrected chi connectivity index (χ0v) is 13.5. The largest absolute Gasteiger partial charge is 0.354 e. The number of piperidine rings is 1. The van der Waals surface area contributed by atoms with E-state index in [1.54, 1.807) is 0 Å². The van der Waals surface area contributed by atoms with Crippen molar-refractivity contribution in [1.82, 2.24) is 10.6 Å². The minimum Gasteiger partial charge on any atom is -0.354 e. The van der Waals surface area contributed by atoms with Gasteiger partial charge in [-0.25, -0.2) is 0 Å². The highest BCUT2D eigenvalue weighted by Gasteiger charge is 2.37. The van der Waals surface area contributed by atoms with Gasteiger partial charge in [-0.05, 0) is 43.6 Å². The first kappa shape index (κ1) is 15.8. The van der Waals surface area contributed by atoms with E-state index >= 15 is 0 Å². The average molecular weight is 280 g/mol. The van der Waals surface area contributed by atoms with E-state index in [9.17, 15) is 4.79 Å². The zero-order valence-electron chi connectivity index (χ0n) is 13.5. The van der Waals surface area contributed by atoms with E-state index in [0.717, 1.165) is 25.4 Å². The van der Waals surface area contributed by atoms with Crippen molar-refractivity contribution in [2.45, 2.75) is 71.8 Å². The molecule has 3 unspecified atom stereocenters. The van der Waals surface area contributed by atoms with Crippen molar-refractivity contribution in [2.24, 2.45) is 17.3 Å². The minimum atomic E-state index is 0.173. The maximum Gasteiger partial charge on any atom is 0.223 e. The van der Waals surface area contributed by atoms with Gasteiger partial charge in [-0.2, -0.15) is 0 Å². The van der Waals surface area contributed by atoms with Crippen LogP contribution in [0.3, 0.4) is 0 Å². The van der Waals surface area contributed by atoms with Gasteiger partial charge >= 0.3 is 0 Å². The van der Waals surface area contributed by atoms with Gasteiger partial charge in [0.25, 0.3) is 0 Å². The fourth-order valence-electron chi connectivity index (χ4n) is 4.06. The molecule has 1 heterocycles. The first-order chi connectivity index (χ1) is 9.54. The molecule has 1 amide bonds. The molecule has 2 rings (SSSR count). The Morgan fingerprint density at radius 1 is 1.25 bits per heavy atom. The Morgan fingerprint density at radius 3 is 2.75 bits per heavy atom. The van der Waals surface area contributed by atoms with Gasteiger partial charge < -0.3 is 10.6 Å². The molecule has 0 aromatic carbocycles. The van der Waals surface area contributed by atoms with E-state index in [1.807, 2.05) is 0 Å². The van der Waals surface area contributed by atoms with E-state index in [4.69, 9.17) is 0 Å². The quantitative estimate of drug-likeness (QED) is 0.831. The zero-order chi connectivity index (χ0) is 14.6. The standard InChI is InChI=1S/C17H32N2O/c1-4-13-8-7-11-18-15(13)12-19-16(20)14-9-5-6-10-17(14,2)3/h13-15,18H,4-12H2,1-3H3,(H,19,20). The fourth-order valence-corrected chi connectivity index (χ4v) is 4.06. The second kappa shape index (κ2) is 6.93. The van der Waals surface area contributed by atoms with Gasteiger partial charge in [0.2, 0.25) is 5.91 Å². The van der Waals surface area contributed by atoms with Crippen LogP contribution in [-0.4, -0.2) is 25.0 Å². The van der Waals surface area contributed by atoms with Crippen LogP contribution in [0.15, 0.2) is 0 Å². The summed E-state index contributed by atoms with van der Waals surface area (Å²) in [5, 5.41) is 6.82. The molecule has 1 aliphatic heterocycles. The van der Waals surface area contributed by atoms with E-state index in [-0.39, 0.29) is 17.2 Å². The SMILES string of the molecule is CCC1CCCNC1CNC(=O)C1CCCCC1(C)C. The summed E-state index contributed by atoms with van der Waals surface area (Å²) >= 11 is 0. The van der Waals surface area contributed by atoms with Crippen LogP contribution in [0.2, 0.25) is 0 Å². The molecule has 0 radical (unpaired) electrons. The third kappa shape index (κ3) is 3.75. The number of amides is 1. The molecule has 2 aliphatic rings. The van der Waals surface area contributed by atoms with E-state index < -0.39 is 0 Å². The molecule has 0 bridgehead atoms. The number of carbonyl (C=O) groups excluding carboxylic acids is 1. The molecule has 3 nitrogen and oxygen atoms in total. The van der Waals surface area contributed by atoms with Gasteiger partial charge in [0.15, 0.2) is 0 Å². The normalized spacial score (nSPS) is 33.6. The maximum absolute atomic E-state index is 12.5. The van der Waals surface area contributed by atoms with Gasteiger partial charge in [-0.1, -0.05) is 40.0 Å². The summed E-state index contributed by atoms with van der Waals surface area (Å²) in [6, 6.07) is 0.476. The highest BCUT2D eigenvalue weighted by molar-refractivity contribution is 5.79. The molecule has 1 aliphatic carbocycles. The molecule has 2 fully saturated rings. The smallest absolute Gasteiger partial charge is 0.223 e. The molecule has 0 spiro atoms. The molecule has 1 saturated heterocycles. The van der Waals surface area contributed by atoms with Crippen molar-refractivity contribution in [2.75, 3.05) is 13.1 Å². The molecular weight excluding hydrogens is 248 g/mol. The van der Waals surface area contributed by atoms with Crippen LogP contribution < -0.4 is 10.6 Å². The third-order valence-corrected chi connectivity index (χ3v) is 5.57. The van der Waals surface area contributed by atoms with Crippen molar-refractivity contribution in [1.29, 1.82) is 0 Å². The lowest BCUT2D eigenvalue weighted by Gasteiger charge is -2.38. The van der Waals surface area contributed by atoms with Gasteiger partial charge in [-0.3, -0.25) is 4.79 Å². The topological polar surface area (TPSA) is 41.1 Å². The van der Waals surface area contributed by atoms with Crippen molar-refractivity contribution >= 4 is 5.91 Å². The Hall–Kier alpha value is -0.570. The average Bonchev–Trinajstić information content (AvgIpc) is 2.44. The molecule has 0 aromatic heterocycles. The number of carbonyl (C=O) groups is 1. The Labute approximate surface area is 124 Å². The highest BCUT2D eigenvalue weighted by atomic mass is 16.1. The fraction of sp³-hybridized carbons (Fsp3) is 0.941. The first-order valence-electron chi connectivity index (χ1n) is 8.55.